The summed E-state index contributed by atoms with van der Waals surface area (Å²) in [6.45, 7) is 19.3. The number of halogens is 1. The van der Waals surface area contributed by atoms with Gasteiger partial charge in [0.05, 0.1) is 17.2 Å². The highest BCUT2D eigenvalue weighted by Gasteiger charge is 2.40. The molecule has 3 aliphatic rings. The summed E-state index contributed by atoms with van der Waals surface area (Å²) in [5.41, 5.74) is 3.01. The second-order valence-corrected chi connectivity index (χ2v) is 13.1. The van der Waals surface area contributed by atoms with Crippen molar-refractivity contribution in [2.45, 2.75) is 58.9 Å². The van der Waals surface area contributed by atoms with E-state index in [0.717, 1.165) is 75.2 Å². The number of ketones is 1. The van der Waals surface area contributed by atoms with E-state index in [9.17, 15) is 19.2 Å². The largest absolute Gasteiger partial charge is 0.369 e. The zero-order valence-electron chi connectivity index (χ0n) is 26.3. The van der Waals surface area contributed by atoms with Crippen molar-refractivity contribution >= 4 is 45.1 Å². The lowest BCUT2D eigenvalue weighted by Crippen LogP contribution is -2.47. The number of rotatable bonds is 12. The molecule has 3 heterocycles. The first-order chi connectivity index (χ1) is 21.0. The minimum absolute atomic E-state index is 0.0150. The van der Waals surface area contributed by atoms with Crippen LogP contribution in [0.25, 0.3) is 0 Å². The van der Waals surface area contributed by atoms with Crippen molar-refractivity contribution in [1.29, 1.82) is 0 Å². The number of amides is 3. The number of piperidine rings is 1. The van der Waals surface area contributed by atoms with Crippen molar-refractivity contribution < 1.29 is 19.2 Å². The van der Waals surface area contributed by atoms with Crippen molar-refractivity contribution in [2.75, 3.05) is 50.7 Å². The van der Waals surface area contributed by atoms with E-state index >= 15 is 0 Å². The van der Waals surface area contributed by atoms with Crippen molar-refractivity contribution in [3.05, 3.63) is 76.3 Å². The molecule has 4 rings (SSSR count). The predicted molar refractivity (Wildman–Crippen MR) is 179 cm³/mol. The summed E-state index contributed by atoms with van der Waals surface area (Å²) in [5.74, 6) is 0.0295. The number of nitrogens with zero attached hydrogens (tertiary/aromatic N) is 4. The monoisotopic (exact) mass is 664 g/mol. The maximum Gasteiger partial charge on any atom is 0.262 e. The van der Waals surface area contributed by atoms with E-state index in [4.69, 9.17) is 0 Å². The van der Waals surface area contributed by atoms with E-state index in [0.29, 0.717) is 41.0 Å². The fourth-order valence-corrected chi connectivity index (χ4v) is 6.37. The van der Waals surface area contributed by atoms with Crippen LogP contribution in [0.5, 0.6) is 0 Å². The zero-order chi connectivity index (χ0) is 32.0. The average molecular weight is 666 g/mol. The lowest BCUT2D eigenvalue weighted by molar-refractivity contribution is -0.128. The van der Waals surface area contributed by atoms with Gasteiger partial charge in [-0.15, -0.1) is 0 Å². The molecule has 3 amide bonds. The molecule has 0 bridgehead atoms. The van der Waals surface area contributed by atoms with Gasteiger partial charge < -0.3 is 14.6 Å². The molecule has 0 spiro atoms. The fraction of sp³-hybridized carbons (Fsp3) is 0.486. The van der Waals surface area contributed by atoms with Gasteiger partial charge in [-0.05, 0) is 89.3 Å². The van der Waals surface area contributed by atoms with Crippen LogP contribution in [0, 0.1) is 5.92 Å². The average Bonchev–Trinajstić information content (AvgIpc) is 3.27. The van der Waals surface area contributed by atoms with Crippen LogP contribution in [0.15, 0.2) is 65.2 Å². The summed E-state index contributed by atoms with van der Waals surface area (Å²) < 4.78 is 0.923. The van der Waals surface area contributed by atoms with E-state index in [2.05, 4.69) is 38.9 Å². The first-order valence-electron chi connectivity index (χ1n) is 15.6. The molecular formula is C35H45BrN4O4. The van der Waals surface area contributed by atoms with Crippen LogP contribution in [-0.2, 0) is 9.59 Å². The Bertz CT molecular complexity index is 1370. The van der Waals surface area contributed by atoms with Crippen molar-refractivity contribution in [1.82, 2.24) is 14.7 Å². The highest BCUT2D eigenvalue weighted by Crippen LogP contribution is 2.32. The molecule has 8 nitrogen and oxygen atoms in total. The van der Waals surface area contributed by atoms with Gasteiger partial charge in [-0.2, -0.15) is 0 Å². The second kappa shape index (κ2) is 15.1. The topological polar surface area (TPSA) is 81.2 Å². The van der Waals surface area contributed by atoms with Crippen molar-refractivity contribution in [3.8, 4) is 0 Å². The van der Waals surface area contributed by atoms with Crippen LogP contribution < -0.4 is 4.90 Å². The van der Waals surface area contributed by atoms with Gasteiger partial charge >= 0.3 is 0 Å². The van der Waals surface area contributed by atoms with Crippen LogP contribution in [0.1, 0.15) is 73.6 Å². The number of imide groups is 1. The number of carbonyl (C=O) groups excluding carboxylic acids is 4. The molecule has 1 atom stereocenters. The van der Waals surface area contributed by atoms with Gasteiger partial charge in [0.25, 0.3) is 17.7 Å². The number of carbonyl (C=O) groups is 4. The lowest BCUT2D eigenvalue weighted by atomic mass is 9.93. The number of hydrogen-bond donors (Lipinski definition) is 0. The van der Waals surface area contributed by atoms with Crippen molar-refractivity contribution in [3.63, 3.8) is 0 Å². The summed E-state index contributed by atoms with van der Waals surface area (Å²) in [6, 6.07) is 5.07. The second-order valence-electron chi connectivity index (χ2n) is 12.2. The maximum absolute atomic E-state index is 13.4. The van der Waals surface area contributed by atoms with E-state index in [1.165, 1.54) is 11.8 Å². The van der Waals surface area contributed by atoms with Crippen molar-refractivity contribution in [2.24, 2.45) is 5.92 Å². The number of anilines is 1. The minimum atomic E-state index is -0.488. The van der Waals surface area contributed by atoms with Gasteiger partial charge in [0.2, 0.25) is 0 Å². The Morgan fingerprint density at radius 1 is 0.977 bits per heavy atom. The van der Waals surface area contributed by atoms with E-state index in [1.54, 1.807) is 19.1 Å². The summed E-state index contributed by atoms with van der Waals surface area (Å²) in [6.07, 6.45) is 9.38. The van der Waals surface area contributed by atoms with E-state index in [1.807, 2.05) is 36.1 Å². The number of allylic oxidation sites excluding steroid dienone is 3. The molecule has 0 saturated carbocycles. The van der Waals surface area contributed by atoms with E-state index < -0.39 is 6.04 Å². The number of likely N-dealkylation sites (tertiary alicyclic amines) is 1. The molecule has 1 aromatic carbocycles. The number of piperazine rings is 1. The van der Waals surface area contributed by atoms with Crippen LogP contribution >= 0.6 is 15.9 Å². The first-order valence-corrected chi connectivity index (χ1v) is 16.4. The number of hydrogen-bond acceptors (Lipinski definition) is 6. The lowest BCUT2D eigenvalue weighted by Gasteiger charge is -2.37. The minimum Gasteiger partial charge on any atom is -0.369 e. The van der Waals surface area contributed by atoms with Crippen LogP contribution in [-0.4, -0.2) is 90.1 Å². The fourth-order valence-electron chi connectivity index (χ4n) is 6.23. The smallest absolute Gasteiger partial charge is 0.262 e. The Morgan fingerprint density at radius 3 is 2.25 bits per heavy atom. The molecule has 1 aromatic rings. The molecule has 0 N–H and O–H groups in total. The molecule has 3 aliphatic heterocycles. The molecule has 0 radical (unpaired) electrons. The zero-order valence-corrected chi connectivity index (χ0v) is 27.9. The van der Waals surface area contributed by atoms with Gasteiger partial charge in [0.1, 0.15) is 5.78 Å². The van der Waals surface area contributed by atoms with E-state index in [-0.39, 0.29) is 23.5 Å². The molecule has 0 aliphatic carbocycles. The van der Waals surface area contributed by atoms with Gasteiger partial charge in [0.15, 0.2) is 0 Å². The molecule has 0 aromatic heterocycles. The Balaban J connectivity index is 1.25. The molecular weight excluding hydrogens is 620 g/mol. The quantitative estimate of drug-likeness (QED) is 0.122. The van der Waals surface area contributed by atoms with Gasteiger partial charge in [-0.1, -0.05) is 40.7 Å². The van der Waals surface area contributed by atoms with Gasteiger partial charge in [-0.3, -0.25) is 24.2 Å². The number of Topliss-reactive ketones (excluding diaryl/α,β-unsaturated/α-hetero) is 1. The number of benzene rings is 1. The molecule has 1 unspecified atom stereocenters. The predicted octanol–water partition coefficient (Wildman–Crippen LogP) is 5.76. The van der Waals surface area contributed by atoms with Gasteiger partial charge in [0, 0.05) is 61.4 Å². The highest BCUT2D eigenvalue weighted by molar-refractivity contribution is 9.11. The summed E-state index contributed by atoms with van der Waals surface area (Å²) in [7, 11) is 0. The van der Waals surface area contributed by atoms with Gasteiger partial charge in [-0.25, -0.2) is 0 Å². The number of fused-ring (bicyclic) bond motifs is 1. The summed E-state index contributed by atoms with van der Waals surface area (Å²) in [4.78, 5) is 58.9. The van der Waals surface area contributed by atoms with Crippen LogP contribution in [0.3, 0.4) is 0 Å². The van der Waals surface area contributed by atoms with Crippen LogP contribution in [0.4, 0.5) is 5.69 Å². The molecule has 2 saturated heterocycles. The Labute approximate surface area is 270 Å². The SMILES string of the molecule is C=C(/C=C\C(Br)=C/C)C(=O)N1CCC(CCN2CCN(c3ccc4c(c3)C(=O)N(C(CCC(C)=O)C(=C)C)C4=O)CC2)CC1. The maximum atomic E-state index is 13.4. The summed E-state index contributed by atoms with van der Waals surface area (Å²) in [5, 5.41) is 0. The normalized spacial score (nSPS) is 19.1. The molecule has 9 heteroatoms. The third kappa shape index (κ3) is 8.04. The van der Waals surface area contributed by atoms with Crippen LogP contribution in [0.2, 0.25) is 0 Å². The third-order valence-corrected chi connectivity index (χ3v) is 9.76. The first kappa shape index (κ1) is 33.6. The molecule has 236 valence electrons. The Hall–Kier alpha value is -3.30. The Morgan fingerprint density at radius 2 is 1.64 bits per heavy atom. The standard InChI is InChI=1S/C35H45BrN4O4/c1-6-28(36)9-7-25(4)33(42)39-17-14-27(15-18-39)13-16-37-19-21-38(22-20-37)29-10-11-30-31(23-29)35(44)40(34(30)43)32(24(2)3)12-8-26(5)41/h6-7,9-11,23,27,32H,2,4,8,12-22H2,1,3,5H3/b9-7-,28-6+. The Kier molecular flexibility index (Phi) is 11.5. The highest BCUT2D eigenvalue weighted by atomic mass is 79.9. The summed E-state index contributed by atoms with van der Waals surface area (Å²) >= 11 is 3.42. The third-order valence-electron chi connectivity index (χ3n) is 9.04. The molecule has 2 fully saturated rings. The molecule has 44 heavy (non-hydrogen) atoms.